The number of thioether (sulfide) groups is 1. The standard InChI is InChI=1S/C17H24N4O2S/c1-12-8-14(13(2)23-12)17(3,22)10-18-15-9-16(20-11-19-15)21-4-6-24-7-5-21/h8-9,11,22H,4-7,10H2,1-3H3,(H,18,19,20)/t17-/m1/s1. The Labute approximate surface area is 146 Å². The van der Waals surface area contributed by atoms with E-state index in [0.29, 0.717) is 6.54 Å². The van der Waals surface area contributed by atoms with Crippen molar-refractivity contribution in [2.24, 2.45) is 0 Å². The van der Waals surface area contributed by atoms with Crippen LogP contribution in [0.1, 0.15) is 24.0 Å². The minimum Gasteiger partial charge on any atom is -0.466 e. The minimum atomic E-state index is -1.03. The Morgan fingerprint density at radius 1 is 1.29 bits per heavy atom. The zero-order valence-electron chi connectivity index (χ0n) is 14.4. The third-order valence-electron chi connectivity index (χ3n) is 4.22. The van der Waals surface area contributed by atoms with Crippen LogP contribution in [0.15, 0.2) is 22.9 Å². The van der Waals surface area contributed by atoms with E-state index in [-0.39, 0.29) is 0 Å². The molecule has 3 heterocycles. The molecule has 6 nitrogen and oxygen atoms in total. The van der Waals surface area contributed by atoms with Gasteiger partial charge in [0.15, 0.2) is 0 Å². The first-order valence-electron chi connectivity index (χ1n) is 8.14. The van der Waals surface area contributed by atoms with Crippen molar-refractivity contribution in [2.75, 3.05) is 41.4 Å². The first kappa shape index (κ1) is 17.1. The second-order valence-corrected chi connectivity index (χ2v) is 7.54. The molecule has 0 amide bonds. The van der Waals surface area contributed by atoms with Crippen molar-refractivity contribution >= 4 is 23.4 Å². The Morgan fingerprint density at radius 2 is 2.04 bits per heavy atom. The van der Waals surface area contributed by atoms with E-state index in [9.17, 15) is 5.11 Å². The summed E-state index contributed by atoms with van der Waals surface area (Å²) in [5.74, 6) is 5.45. The maximum Gasteiger partial charge on any atom is 0.134 e. The van der Waals surface area contributed by atoms with Crippen LogP contribution in [-0.4, -0.2) is 46.2 Å². The zero-order valence-corrected chi connectivity index (χ0v) is 15.2. The van der Waals surface area contributed by atoms with Crippen LogP contribution in [0.4, 0.5) is 11.6 Å². The molecule has 3 rings (SSSR count). The highest BCUT2D eigenvalue weighted by molar-refractivity contribution is 7.99. The second-order valence-electron chi connectivity index (χ2n) is 6.32. The van der Waals surface area contributed by atoms with Gasteiger partial charge in [0.25, 0.3) is 0 Å². The van der Waals surface area contributed by atoms with Gasteiger partial charge in [-0.2, -0.15) is 11.8 Å². The molecule has 0 unspecified atom stereocenters. The van der Waals surface area contributed by atoms with Gasteiger partial charge in [0, 0.05) is 42.8 Å². The smallest absolute Gasteiger partial charge is 0.134 e. The fourth-order valence-electron chi connectivity index (χ4n) is 2.93. The summed E-state index contributed by atoms with van der Waals surface area (Å²) in [7, 11) is 0. The largest absolute Gasteiger partial charge is 0.466 e. The van der Waals surface area contributed by atoms with Gasteiger partial charge in [-0.25, -0.2) is 9.97 Å². The summed E-state index contributed by atoms with van der Waals surface area (Å²) < 4.78 is 5.53. The lowest BCUT2D eigenvalue weighted by Gasteiger charge is -2.28. The molecule has 2 N–H and O–H groups in total. The van der Waals surface area contributed by atoms with Crippen molar-refractivity contribution in [1.29, 1.82) is 0 Å². The summed E-state index contributed by atoms with van der Waals surface area (Å²) in [5, 5.41) is 14.0. The Morgan fingerprint density at radius 3 is 2.71 bits per heavy atom. The van der Waals surface area contributed by atoms with Crippen molar-refractivity contribution in [1.82, 2.24) is 9.97 Å². The van der Waals surface area contributed by atoms with E-state index in [2.05, 4.69) is 20.2 Å². The highest BCUT2D eigenvalue weighted by Gasteiger charge is 2.27. The van der Waals surface area contributed by atoms with Gasteiger partial charge in [0.1, 0.15) is 35.1 Å². The van der Waals surface area contributed by atoms with Gasteiger partial charge in [0.2, 0.25) is 0 Å². The molecule has 1 atom stereocenters. The average molecular weight is 348 g/mol. The van der Waals surface area contributed by atoms with Crippen LogP contribution in [0.2, 0.25) is 0 Å². The van der Waals surface area contributed by atoms with Gasteiger partial charge in [-0.05, 0) is 26.8 Å². The average Bonchev–Trinajstić information content (AvgIpc) is 2.93. The van der Waals surface area contributed by atoms with Gasteiger partial charge < -0.3 is 19.7 Å². The number of rotatable bonds is 5. The minimum absolute atomic E-state index is 0.346. The van der Waals surface area contributed by atoms with Crippen LogP contribution in [0.5, 0.6) is 0 Å². The molecular weight excluding hydrogens is 324 g/mol. The van der Waals surface area contributed by atoms with E-state index in [4.69, 9.17) is 4.42 Å². The van der Waals surface area contributed by atoms with Gasteiger partial charge >= 0.3 is 0 Å². The predicted molar refractivity (Wildman–Crippen MR) is 97.8 cm³/mol. The molecule has 24 heavy (non-hydrogen) atoms. The molecule has 0 aromatic carbocycles. The zero-order chi connectivity index (χ0) is 17.2. The molecule has 0 bridgehead atoms. The summed E-state index contributed by atoms with van der Waals surface area (Å²) in [6, 6.07) is 3.83. The van der Waals surface area contributed by atoms with Crippen LogP contribution in [0.3, 0.4) is 0 Å². The monoisotopic (exact) mass is 348 g/mol. The van der Waals surface area contributed by atoms with Gasteiger partial charge in [-0.1, -0.05) is 0 Å². The number of hydrogen-bond donors (Lipinski definition) is 2. The molecule has 1 saturated heterocycles. The maximum atomic E-state index is 10.8. The van der Waals surface area contributed by atoms with Crippen LogP contribution in [-0.2, 0) is 5.60 Å². The number of aromatic nitrogens is 2. The normalized spacial score (nSPS) is 17.6. The van der Waals surface area contributed by atoms with Crippen molar-refractivity contribution in [3.8, 4) is 0 Å². The SMILES string of the molecule is Cc1cc([C@](C)(O)CNc2cc(N3CCSCC3)ncn2)c(C)o1. The molecule has 1 aliphatic heterocycles. The van der Waals surface area contributed by atoms with Gasteiger partial charge in [0.05, 0.1) is 0 Å². The van der Waals surface area contributed by atoms with Crippen LogP contribution < -0.4 is 10.2 Å². The van der Waals surface area contributed by atoms with Crippen molar-refractivity contribution in [3.63, 3.8) is 0 Å². The van der Waals surface area contributed by atoms with Gasteiger partial charge in [-0.3, -0.25) is 0 Å². The Kier molecular flexibility index (Phi) is 5.01. The van der Waals surface area contributed by atoms with E-state index in [0.717, 1.165) is 53.3 Å². The number of nitrogens with zero attached hydrogens (tertiary/aromatic N) is 3. The van der Waals surface area contributed by atoms with Crippen molar-refractivity contribution in [3.05, 3.63) is 35.5 Å². The lowest BCUT2D eigenvalue weighted by molar-refractivity contribution is 0.0698. The highest BCUT2D eigenvalue weighted by Crippen LogP contribution is 2.27. The lowest BCUT2D eigenvalue weighted by atomic mass is 9.96. The molecule has 7 heteroatoms. The van der Waals surface area contributed by atoms with E-state index in [1.165, 1.54) is 0 Å². The Bertz CT molecular complexity index is 696. The predicted octanol–water partition coefficient (Wildman–Crippen LogP) is 2.56. The fourth-order valence-corrected chi connectivity index (χ4v) is 3.84. The summed E-state index contributed by atoms with van der Waals surface area (Å²) in [4.78, 5) is 10.9. The third-order valence-corrected chi connectivity index (χ3v) is 5.17. The molecule has 2 aromatic heterocycles. The number of hydrogen-bond acceptors (Lipinski definition) is 7. The maximum absolute atomic E-state index is 10.8. The van der Waals surface area contributed by atoms with E-state index in [1.807, 2.05) is 37.7 Å². The molecule has 0 spiro atoms. The highest BCUT2D eigenvalue weighted by atomic mass is 32.2. The molecule has 0 saturated carbocycles. The van der Waals surface area contributed by atoms with Crippen molar-refractivity contribution in [2.45, 2.75) is 26.4 Å². The summed E-state index contributed by atoms with van der Waals surface area (Å²) in [6.45, 7) is 7.89. The number of nitrogens with one attached hydrogen (secondary N) is 1. The molecule has 0 radical (unpaired) electrons. The Balaban J connectivity index is 1.68. The van der Waals surface area contributed by atoms with Crippen LogP contribution >= 0.6 is 11.8 Å². The summed E-state index contributed by atoms with van der Waals surface area (Å²) in [5.41, 5.74) is -0.232. The van der Waals surface area contributed by atoms with Gasteiger partial charge in [-0.15, -0.1) is 0 Å². The number of furan rings is 1. The van der Waals surface area contributed by atoms with E-state index in [1.54, 1.807) is 13.3 Å². The number of aliphatic hydroxyl groups is 1. The quantitative estimate of drug-likeness (QED) is 0.860. The van der Waals surface area contributed by atoms with Crippen LogP contribution in [0.25, 0.3) is 0 Å². The molecule has 1 fully saturated rings. The number of aryl methyl sites for hydroxylation is 2. The van der Waals surface area contributed by atoms with Crippen molar-refractivity contribution < 1.29 is 9.52 Å². The van der Waals surface area contributed by atoms with E-state index < -0.39 is 5.60 Å². The molecule has 130 valence electrons. The molecule has 1 aliphatic rings. The van der Waals surface area contributed by atoms with Crippen LogP contribution in [0, 0.1) is 13.8 Å². The molecular formula is C17H24N4O2S. The Hall–Kier alpha value is -1.73. The summed E-state index contributed by atoms with van der Waals surface area (Å²) in [6.07, 6.45) is 1.57. The first-order valence-corrected chi connectivity index (χ1v) is 9.30. The molecule has 2 aromatic rings. The van der Waals surface area contributed by atoms with E-state index >= 15 is 0 Å². The lowest BCUT2D eigenvalue weighted by Crippen LogP contribution is -2.33. The number of anilines is 2. The topological polar surface area (TPSA) is 74.4 Å². The fraction of sp³-hybridized carbons (Fsp3) is 0.529. The first-order chi connectivity index (χ1) is 11.5. The summed E-state index contributed by atoms with van der Waals surface area (Å²) >= 11 is 1.97. The molecule has 0 aliphatic carbocycles. The second kappa shape index (κ2) is 7.03. The third kappa shape index (κ3) is 3.84.